The maximum Gasteiger partial charge on any atom is 0.254 e. The Labute approximate surface area is 110 Å². The van der Waals surface area contributed by atoms with Gasteiger partial charge in [-0.15, -0.1) is 0 Å². The number of hydrogen-bond donors (Lipinski definition) is 2. The highest BCUT2D eigenvalue weighted by atomic mass is 19.1. The van der Waals surface area contributed by atoms with Gasteiger partial charge in [0, 0.05) is 12.1 Å². The summed E-state index contributed by atoms with van der Waals surface area (Å²) in [5.41, 5.74) is 6.34. The largest absolute Gasteiger partial charge is 0.409 e. The van der Waals surface area contributed by atoms with Gasteiger partial charge in [0.25, 0.3) is 5.91 Å². The Bertz CT molecular complexity index is 531. The second kappa shape index (κ2) is 5.26. The van der Waals surface area contributed by atoms with Crippen LogP contribution in [0.4, 0.5) is 4.39 Å². The summed E-state index contributed by atoms with van der Waals surface area (Å²) in [5.74, 6) is -0.697. The zero-order valence-electron chi connectivity index (χ0n) is 10.6. The fourth-order valence-corrected chi connectivity index (χ4v) is 2.28. The summed E-state index contributed by atoms with van der Waals surface area (Å²) in [4.78, 5) is 13.8. The average Bonchev–Trinajstić information content (AvgIpc) is 2.89. The SMILES string of the molecule is Cc1ccc(C(=O)N2CCCC2C(N)=NO)cc1F. The van der Waals surface area contributed by atoms with E-state index in [-0.39, 0.29) is 17.3 Å². The van der Waals surface area contributed by atoms with Crippen LogP contribution in [0.15, 0.2) is 23.4 Å². The number of nitrogens with zero attached hydrogens (tertiary/aromatic N) is 2. The maximum atomic E-state index is 13.5. The van der Waals surface area contributed by atoms with Crippen molar-refractivity contribution >= 4 is 11.7 Å². The Morgan fingerprint density at radius 2 is 2.32 bits per heavy atom. The molecule has 5 nitrogen and oxygen atoms in total. The lowest BCUT2D eigenvalue weighted by Crippen LogP contribution is -2.43. The summed E-state index contributed by atoms with van der Waals surface area (Å²) >= 11 is 0. The van der Waals surface area contributed by atoms with Crippen molar-refractivity contribution in [2.75, 3.05) is 6.54 Å². The number of aryl methyl sites for hydroxylation is 1. The molecular weight excluding hydrogens is 249 g/mol. The van der Waals surface area contributed by atoms with E-state index in [4.69, 9.17) is 10.9 Å². The standard InChI is InChI=1S/C13H16FN3O2/c1-8-4-5-9(7-10(8)14)13(18)17-6-2-3-11(17)12(15)16-19/h4-5,7,11,19H,2-3,6H2,1H3,(H2,15,16). The van der Waals surface area contributed by atoms with Crippen LogP contribution in [0.3, 0.4) is 0 Å². The summed E-state index contributed by atoms with van der Waals surface area (Å²) in [5, 5.41) is 11.7. The molecule has 2 rings (SSSR count). The number of rotatable bonds is 2. The van der Waals surface area contributed by atoms with Gasteiger partial charge in [0.2, 0.25) is 0 Å². The first-order valence-electron chi connectivity index (χ1n) is 6.09. The van der Waals surface area contributed by atoms with Crippen molar-refractivity contribution in [3.8, 4) is 0 Å². The second-order valence-electron chi connectivity index (χ2n) is 4.65. The van der Waals surface area contributed by atoms with Crippen molar-refractivity contribution < 1.29 is 14.4 Å². The number of nitrogens with two attached hydrogens (primary N) is 1. The van der Waals surface area contributed by atoms with Gasteiger partial charge in [-0.3, -0.25) is 4.79 Å². The normalized spacial score (nSPS) is 19.8. The molecule has 0 radical (unpaired) electrons. The molecule has 1 aliphatic heterocycles. The minimum Gasteiger partial charge on any atom is -0.409 e. The van der Waals surface area contributed by atoms with E-state index in [1.54, 1.807) is 19.1 Å². The van der Waals surface area contributed by atoms with E-state index in [1.165, 1.54) is 11.0 Å². The van der Waals surface area contributed by atoms with Crippen LogP contribution in [-0.2, 0) is 0 Å². The lowest BCUT2D eigenvalue weighted by Gasteiger charge is -2.23. The van der Waals surface area contributed by atoms with Gasteiger partial charge in [-0.05, 0) is 37.5 Å². The topological polar surface area (TPSA) is 78.9 Å². The molecule has 0 bridgehead atoms. The van der Waals surface area contributed by atoms with Gasteiger partial charge >= 0.3 is 0 Å². The van der Waals surface area contributed by atoms with Gasteiger partial charge in [-0.1, -0.05) is 11.2 Å². The minimum atomic E-state index is -0.415. The quantitative estimate of drug-likeness (QED) is 0.368. The van der Waals surface area contributed by atoms with E-state index in [9.17, 15) is 9.18 Å². The molecule has 1 aliphatic rings. The van der Waals surface area contributed by atoms with Crippen molar-refractivity contribution in [2.45, 2.75) is 25.8 Å². The van der Waals surface area contributed by atoms with Crippen LogP contribution in [0, 0.1) is 12.7 Å². The van der Waals surface area contributed by atoms with Crippen LogP contribution >= 0.6 is 0 Å². The number of oxime groups is 1. The van der Waals surface area contributed by atoms with E-state index in [2.05, 4.69) is 5.16 Å². The lowest BCUT2D eigenvalue weighted by atomic mass is 10.1. The zero-order chi connectivity index (χ0) is 14.0. The molecule has 0 spiro atoms. The smallest absolute Gasteiger partial charge is 0.254 e. The number of carbonyl (C=O) groups is 1. The third-order valence-electron chi connectivity index (χ3n) is 3.39. The first-order chi connectivity index (χ1) is 9.04. The number of halogens is 1. The van der Waals surface area contributed by atoms with Crippen LogP contribution in [0.5, 0.6) is 0 Å². The molecule has 6 heteroatoms. The summed E-state index contributed by atoms with van der Waals surface area (Å²) in [6, 6.07) is 3.96. The Balaban J connectivity index is 2.25. The summed E-state index contributed by atoms with van der Waals surface area (Å²) in [6.45, 7) is 2.16. The molecular formula is C13H16FN3O2. The second-order valence-corrected chi connectivity index (χ2v) is 4.65. The first kappa shape index (κ1) is 13.3. The number of likely N-dealkylation sites (tertiary alicyclic amines) is 1. The average molecular weight is 265 g/mol. The molecule has 1 aromatic carbocycles. The zero-order valence-corrected chi connectivity index (χ0v) is 10.6. The molecule has 102 valence electrons. The lowest BCUT2D eigenvalue weighted by molar-refractivity contribution is 0.0767. The highest BCUT2D eigenvalue weighted by Crippen LogP contribution is 2.21. The summed E-state index contributed by atoms with van der Waals surface area (Å²) in [6.07, 6.45) is 1.43. The Kier molecular flexibility index (Phi) is 3.69. The minimum absolute atomic E-state index is 0.0124. The Morgan fingerprint density at radius 1 is 1.58 bits per heavy atom. The Hall–Kier alpha value is -2.11. The number of amides is 1. The van der Waals surface area contributed by atoms with Crippen molar-refractivity contribution in [1.82, 2.24) is 4.90 Å². The van der Waals surface area contributed by atoms with Gasteiger partial charge in [0.05, 0.1) is 6.04 Å². The number of amidine groups is 1. The number of hydrogen-bond acceptors (Lipinski definition) is 3. The molecule has 0 aliphatic carbocycles. The molecule has 1 fully saturated rings. The fourth-order valence-electron chi connectivity index (χ4n) is 2.28. The maximum absolute atomic E-state index is 13.5. The molecule has 1 saturated heterocycles. The summed E-state index contributed by atoms with van der Waals surface area (Å²) in [7, 11) is 0. The van der Waals surface area contributed by atoms with Gasteiger partial charge in [0.15, 0.2) is 5.84 Å². The van der Waals surface area contributed by atoms with Gasteiger partial charge in [-0.25, -0.2) is 4.39 Å². The van der Waals surface area contributed by atoms with Gasteiger partial charge in [-0.2, -0.15) is 0 Å². The van der Waals surface area contributed by atoms with Crippen molar-refractivity contribution in [2.24, 2.45) is 10.9 Å². The molecule has 0 saturated carbocycles. The summed E-state index contributed by atoms with van der Waals surface area (Å²) < 4.78 is 13.5. The molecule has 3 N–H and O–H groups in total. The van der Waals surface area contributed by atoms with E-state index < -0.39 is 11.9 Å². The number of carbonyl (C=O) groups excluding carboxylic acids is 1. The van der Waals surface area contributed by atoms with Crippen LogP contribution in [0.1, 0.15) is 28.8 Å². The predicted octanol–water partition coefficient (Wildman–Crippen LogP) is 1.49. The highest BCUT2D eigenvalue weighted by Gasteiger charge is 2.32. The van der Waals surface area contributed by atoms with Crippen LogP contribution < -0.4 is 5.73 Å². The third-order valence-corrected chi connectivity index (χ3v) is 3.39. The van der Waals surface area contributed by atoms with Crippen molar-refractivity contribution in [3.63, 3.8) is 0 Å². The van der Waals surface area contributed by atoms with Gasteiger partial charge < -0.3 is 15.8 Å². The van der Waals surface area contributed by atoms with Gasteiger partial charge in [0.1, 0.15) is 5.82 Å². The molecule has 1 heterocycles. The van der Waals surface area contributed by atoms with E-state index in [1.807, 2.05) is 0 Å². The fraction of sp³-hybridized carbons (Fsp3) is 0.385. The third kappa shape index (κ3) is 2.52. The van der Waals surface area contributed by atoms with E-state index in [0.717, 1.165) is 6.42 Å². The number of benzene rings is 1. The van der Waals surface area contributed by atoms with E-state index >= 15 is 0 Å². The molecule has 1 aromatic rings. The van der Waals surface area contributed by atoms with Crippen LogP contribution in [0.2, 0.25) is 0 Å². The highest BCUT2D eigenvalue weighted by molar-refractivity contribution is 5.98. The molecule has 19 heavy (non-hydrogen) atoms. The van der Waals surface area contributed by atoms with Crippen molar-refractivity contribution in [3.05, 3.63) is 35.1 Å². The molecule has 1 unspecified atom stereocenters. The predicted molar refractivity (Wildman–Crippen MR) is 68.6 cm³/mol. The molecule has 1 amide bonds. The molecule has 0 aromatic heterocycles. The Morgan fingerprint density at radius 3 is 2.95 bits per heavy atom. The van der Waals surface area contributed by atoms with E-state index in [0.29, 0.717) is 18.5 Å². The van der Waals surface area contributed by atoms with Crippen LogP contribution in [0.25, 0.3) is 0 Å². The monoisotopic (exact) mass is 265 g/mol. The first-order valence-corrected chi connectivity index (χ1v) is 6.09. The van der Waals surface area contributed by atoms with Crippen molar-refractivity contribution in [1.29, 1.82) is 0 Å². The molecule has 1 atom stereocenters. The van der Waals surface area contributed by atoms with Crippen LogP contribution in [-0.4, -0.2) is 34.4 Å².